The Kier molecular flexibility index (Phi) is 7.69. The fourth-order valence-corrected chi connectivity index (χ4v) is 2.81. The number of carbonyl (C=O) groups is 2. The van der Waals surface area contributed by atoms with Crippen LogP contribution in [0.25, 0.3) is 6.08 Å². The molecule has 0 fully saturated rings. The van der Waals surface area contributed by atoms with Gasteiger partial charge in [0.05, 0.1) is 24.9 Å². The lowest BCUT2D eigenvalue weighted by Gasteiger charge is -2.08. The van der Waals surface area contributed by atoms with Gasteiger partial charge in [0.2, 0.25) is 0 Å². The number of carbonyl (C=O) groups excluding carboxylic acids is 2. The molecular formula is C19H17BrClNO5. The van der Waals surface area contributed by atoms with Crippen molar-refractivity contribution in [1.29, 1.82) is 0 Å². The Balaban J connectivity index is 1.92. The van der Waals surface area contributed by atoms with E-state index < -0.39 is 18.5 Å². The van der Waals surface area contributed by atoms with E-state index in [9.17, 15) is 9.59 Å². The molecule has 0 saturated carbocycles. The first-order valence-electron chi connectivity index (χ1n) is 7.74. The second kappa shape index (κ2) is 9.99. The molecule has 142 valence electrons. The first kappa shape index (κ1) is 20.8. The summed E-state index contributed by atoms with van der Waals surface area (Å²) in [7, 11) is 3.06. The van der Waals surface area contributed by atoms with E-state index in [0.29, 0.717) is 27.8 Å². The van der Waals surface area contributed by atoms with Crippen LogP contribution in [0.5, 0.6) is 11.5 Å². The van der Waals surface area contributed by atoms with Crippen LogP contribution in [0.1, 0.15) is 5.56 Å². The predicted molar refractivity (Wildman–Crippen MR) is 107 cm³/mol. The molecule has 0 aliphatic carbocycles. The number of esters is 1. The molecule has 0 heterocycles. The van der Waals surface area contributed by atoms with Crippen LogP contribution in [0.4, 0.5) is 5.69 Å². The lowest BCUT2D eigenvalue weighted by molar-refractivity contribution is -0.142. The Labute approximate surface area is 170 Å². The molecule has 8 heteroatoms. The number of nitrogens with one attached hydrogen (secondary N) is 1. The smallest absolute Gasteiger partial charge is 0.331 e. The van der Waals surface area contributed by atoms with Crippen molar-refractivity contribution < 1.29 is 23.8 Å². The van der Waals surface area contributed by atoms with Crippen LogP contribution in [-0.2, 0) is 14.3 Å². The molecule has 0 saturated heterocycles. The largest absolute Gasteiger partial charge is 0.497 e. The van der Waals surface area contributed by atoms with Crippen molar-refractivity contribution in [3.05, 3.63) is 57.5 Å². The maximum Gasteiger partial charge on any atom is 0.331 e. The number of rotatable bonds is 7. The first-order valence-corrected chi connectivity index (χ1v) is 8.92. The molecule has 0 bridgehead atoms. The summed E-state index contributed by atoms with van der Waals surface area (Å²) >= 11 is 9.30. The number of ether oxygens (including phenoxy) is 3. The number of benzene rings is 2. The molecule has 1 amide bonds. The van der Waals surface area contributed by atoms with Gasteiger partial charge in [-0.15, -0.1) is 0 Å². The Bertz CT molecular complexity index is 869. The van der Waals surface area contributed by atoms with E-state index in [4.69, 9.17) is 25.8 Å². The number of hydrogen-bond donors (Lipinski definition) is 1. The number of halogens is 2. The molecule has 0 aromatic heterocycles. The van der Waals surface area contributed by atoms with Crippen LogP contribution in [0.2, 0.25) is 5.02 Å². The van der Waals surface area contributed by atoms with Crippen LogP contribution in [-0.4, -0.2) is 32.7 Å². The van der Waals surface area contributed by atoms with Crippen molar-refractivity contribution in [3.8, 4) is 11.5 Å². The van der Waals surface area contributed by atoms with Crippen LogP contribution in [0, 0.1) is 0 Å². The predicted octanol–water partition coefficient (Wildman–Crippen LogP) is 4.31. The lowest BCUT2D eigenvalue weighted by Crippen LogP contribution is -2.20. The quantitative estimate of drug-likeness (QED) is 0.498. The van der Waals surface area contributed by atoms with Gasteiger partial charge in [-0.25, -0.2) is 4.79 Å². The Morgan fingerprint density at radius 1 is 1.15 bits per heavy atom. The van der Waals surface area contributed by atoms with Crippen LogP contribution < -0.4 is 14.8 Å². The van der Waals surface area contributed by atoms with Crippen LogP contribution in [0.3, 0.4) is 0 Å². The minimum atomic E-state index is -0.670. The molecule has 0 aliphatic rings. The fourth-order valence-electron chi connectivity index (χ4n) is 2.09. The highest BCUT2D eigenvalue weighted by Crippen LogP contribution is 2.26. The molecular weight excluding hydrogens is 438 g/mol. The monoisotopic (exact) mass is 453 g/mol. The summed E-state index contributed by atoms with van der Waals surface area (Å²) < 4.78 is 16.1. The topological polar surface area (TPSA) is 73.9 Å². The van der Waals surface area contributed by atoms with Crippen molar-refractivity contribution in [2.45, 2.75) is 0 Å². The van der Waals surface area contributed by atoms with E-state index in [1.165, 1.54) is 19.3 Å². The summed E-state index contributed by atoms with van der Waals surface area (Å²) in [6, 6.07) is 10.2. The number of hydrogen-bond acceptors (Lipinski definition) is 5. The minimum Gasteiger partial charge on any atom is -0.497 e. The molecule has 2 aromatic rings. The zero-order chi connectivity index (χ0) is 19.8. The highest BCUT2D eigenvalue weighted by atomic mass is 79.9. The summed E-state index contributed by atoms with van der Waals surface area (Å²) in [5.74, 6) is 0.0221. The summed E-state index contributed by atoms with van der Waals surface area (Å²) in [4.78, 5) is 23.7. The number of anilines is 1. The zero-order valence-electron chi connectivity index (χ0n) is 14.6. The fraction of sp³-hybridized carbons (Fsp3) is 0.158. The summed E-state index contributed by atoms with van der Waals surface area (Å²) in [5, 5.41) is 2.94. The SMILES string of the molecule is COc1ccc(OC)c(/C=C/C(=O)OCC(=O)Nc2ccc(Br)cc2Cl)c1. The van der Waals surface area contributed by atoms with Crippen LogP contribution >= 0.6 is 27.5 Å². The van der Waals surface area contributed by atoms with E-state index in [-0.39, 0.29) is 0 Å². The summed E-state index contributed by atoms with van der Waals surface area (Å²) in [6.07, 6.45) is 2.73. The molecule has 2 aromatic carbocycles. The first-order chi connectivity index (χ1) is 12.9. The van der Waals surface area contributed by atoms with Gasteiger partial charge in [-0.3, -0.25) is 4.79 Å². The van der Waals surface area contributed by atoms with Crippen molar-refractivity contribution in [1.82, 2.24) is 0 Å². The second-order valence-electron chi connectivity index (χ2n) is 5.22. The molecule has 2 rings (SSSR count). The Hall–Kier alpha value is -2.51. The van der Waals surface area contributed by atoms with Gasteiger partial charge < -0.3 is 19.5 Å². The van der Waals surface area contributed by atoms with Crippen LogP contribution in [0.15, 0.2) is 46.9 Å². The maximum atomic E-state index is 11.9. The molecule has 27 heavy (non-hydrogen) atoms. The third-order valence-electron chi connectivity index (χ3n) is 3.39. The van der Waals surface area contributed by atoms with Gasteiger partial charge in [-0.1, -0.05) is 27.5 Å². The lowest BCUT2D eigenvalue weighted by atomic mass is 10.1. The Morgan fingerprint density at radius 2 is 1.93 bits per heavy atom. The highest BCUT2D eigenvalue weighted by molar-refractivity contribution is 9.10. The van der Waals surface area contributed by atoms with Crippen molar-refractivity contribution in [3.63, 3.8) is 0 Å². The van der Waals surface area contributed by atoms with E-state index in [1.807, 2.05) is 0 Å². The van der Waals surface area contributed by atoms with E-state index in [2.05, 4.69) is 21.2 Å². The van der Waals surface area contributed by atoms with Gasteiger partial charge in [-0.2, -0.15) is 0 Å². The number of amides is 1. The molecule has 0 unspecified atom stereocenters. The third-order valence-corrected chi connectivity index (χ3v) is 4.19. The van der Waals surface area contributed by atoms with E-state index in [1.54, 1.807) is 43.5 Å². The van der Waals surface area contributed by atoms with Gasteiger partial charge in [-0.05, 0) is 42.5 Å². The average molecular weight is 455 g/mol. The van der Waals surface area contributed by atoms with Gasteiger partial charge in [0, 0.05) is 16.1 Å². The second-order valence-corrected chi connectivity index (χ2v) is 6.54. The van der Waals surface area contributed by atoms with Gasteiger partial charge >= 0.3 is 5.97 Å². The molecule has 0 atom stereocenters. The number of methoxy groups -OCH3 is 2. The maximum absolute atomic E-state index is 11.9. The molecule has 1 N–H and O–H groups in total. The molecule has 0 spiro atoms. The van der Waals surface area contributed by atoms with Crippen molar-refractivity contribution >= 4 is 51.2 Å². The van der Waals surface area contributed by atoms with Gasteiger partial charge in [0.25, 0.3) is 5.91 Å². The molecule has 6 nitrogen and oxygen atoms in total. The van der Waals surface area contributed by atoms with Crippen molar-refractivity contribution in [2.24, 2.45) is 0 Å². The average Bonchev–Trinajstić information content (AvgIpc) is 2.66. The summed E-state index contributed by atoms with van der Waals surface area (Å²) in [6.45, 7) is -0.440. The standard InChI is InChI=1S/C19H17BrClNO5/c1-25-14-5-7-17(26-2)12(9-14)3-8-19(24)27-11-18(23)22-16-6-4-13(20)10-15(16)21/h3-10H,11H2,1-2H3,(H,22,23)/b8-3+. The molecule has 0 radical (unpaired) electrons. The van der Waals surface area contributed by atoms with E-state index >= 15 is 0 Å². The highest BCUT2D eigenvalue weighted by Gasteiger charge is 2.09. The normalized spacial score (nSPS) is 10.5. The van der Waals surface area contributed by atoms with Crippen molar-refractivity contribution in [2.75, 3.05) is 26.1 Å². The third kappa shape index (κ3) is 6.30. The van der Waals surface area contributed by atoms with Gasteiger partial charge in [0.1, 0.15) is 11.5 Å². The minimum absolute atomic E-state index is 0.370. The Morgan fingerprint density at radius 3 is 2.59 bits per heavy atom. The van der Waals surface area contributed by atoms with E-state index in [0.717, 1.165) is 4.47 Å². The van der Waals surface area contributed by atoms with Gasteiger partial charge in [0.15, 0.2) is 6.61 Å². The zero-order valence-corrected chi connectivity index (χ0v) is 17.0. The summed E-state index contributed by atoms with van der Waals surface area (Å²) in [5.41, 5.74) is 1.07. The molecule has 0 aliphatic heterocycles.